The zero-order chi connectivity index (χ0) is 9.84. The molecule has 13 heavy (non-hydrogen) atoms. The third-order valence-electron chi connectivity index (χ3n) is 1.70. The van der Waals surface area contributed by atoms with Crippen LogP contribution in [0.3, 0.4) is 0 Å². The van der Waals surface area contributed by atoms with Crippen molar-refractivity contribution in [2.24, 2.45) is 0 Å². The first-order valence-corrected chi connectivity index (χ1v) is 4.52. The highest BCUT2D eigenvalue weighted by Gasteiger charge is 2.11. The fraction of sp³-hybridized carbons (Fsp3) is 0.333. The van der Waals surface area contributed by atoms with E-state index in [0.717, 1.165) is 0 Å². The normalized spacial score (nSPS) is 12.9. The molecule has 0 bridgehead atoms. The van der Waals surface area contributed by atoms with Crippen molar-refractivity contribution in [2.45, 2.75) is 12.7 Å². The van der Waals surface area contributed by atoms with Gasteiger partial charge in [0.25, 0.3) is 0 Å². The van der Waals surface area contributed by atoms with E-state index in [0.29, 0.717) is 15.6 Å². The van der Waals surface area contributed by atoms with Crippen molar-refractivity contribution >= 4 is 23.2 Å². The standard InChI is InChI=1S/C9H9Cl2O2/c1-13-9(12)5-6-7(10)3-2-4-8(6)11/h2-4,9H,5H2,1H3. The molecule has 0 heterocycles. The van der Waals surface area contributed by atoms with E-state index in [1.54, 1.807) is 18.2 Å². The summed E-state index contributed by atoms with van der Waals surface area (Å²) < 4.78 is 4.59. The van der Waals surface area contributed by atoms with E-state index in [4.69, 9.17) is 23.2 Å². The topological polar surface area (TPSA) is 29.1 Å². The summed E-state index contributed by atoms with van der Waals surface area (Å²) in [5, 5.41) is 12.0. The predicted octanol–water partition coefficient (Wildman–Crippen LogP) is 2.94. The molecule has 1 radical (unpaired) electrons. The number of rotatable bonds is 3. The van der Waals surface area contributed by atoms with Crippen LogP contribution >= 0.6 is 23.2 Å². The Morgan fingerprint density at radius 3 is 2.38 bits per heavy atom. The van der Waals surface area contributed by atoms with E-state index in [-0.39, 0.29) is 6.42 Å². The van der Waals surface area contributed by atoms with Crippen molar-refractivity contribution in [1.29, 1.82) is 0 Å². The Labute approximate surface area is 87.0 Å². The summed E-state index contributed by atoms with van der Waals surface area (Å²) in [6.07, 6.45) is -0.924. The summed E-state index contributed by atoms with van der Waals surface area (Å²) >= 11 is 11.7. The Morgan fingerprint density at radius 1 is 1.38 bits per heavy atom. The second-order valence-electron chi connectivity index (χ2n) is 2.57. The number of methoxy groups -OCH3 is 1. The lowest BCUT2D eigenvalue weighted by Crippen LogP contribution is -2.11. The van der Waals surface area contributed by atoms with Crippen molar-refractivity contribution < 1.29 is 9.84 Å². The van der Waals surface area contributed by atoms with E-state index in [9.17, 15) is 5.11 Å². The van der Waals surface area contributed by atoms with Crippen LogP contribution in [0.5, 0.6) is 0 Å². The highest BCUT2D eigenvalue weighted by atomic mass is 35.5. The van der Waals surface area contributed by atoms with E-state index in [1.807, 2.05) is 0 Å². The van der Waals surface area contributed by atoms with Crippen LogP contribution in [0.25, 0.3) is 0 Å². The van der Waals surface area contributed by atoms with Gasteiger partial charge in [-0.15, -0.1) is 0 Å². The quantitative estimate of drug-likeness (QED) is 0.720. The Bertz CT molecular complexity index is 269. The maximum atomic E-state index is 11.0. The van der Waals surface area contributed by atoms with Crippen molar-refractivity contribution in [1.82, 2.24) is 0 Å². The van der Waals surface area contributed by atoms with Gasteiger partial charge in [0.1, 0.15) is 0 Å². The van der Waals surface area contributed by atoms with Crippen LogP contribution in [0.4, 0.5) is 0 Å². The summed E-state index contributed by atoms with van der Waals surface area (Å²) in [5.41, 5.74) is 0.646. The molecule has 1 aromatic carbocycles. The predicted molar refractivity (Wildman–Crippen MR) is 51.6 cm³/mol. The number of ether oxygens (including phenoxy) is 1. The summed E-state index contributed by atoms with van der Waals surface area (Å²) in [4.78, 5) is 0. The summed E-state index contributed by atoms with van der Waals surface area (Å²) in [5.74, 6) is 0. The van der Waals surface area contributed by atoms with Crippen molar-refractivity contribution in [3.05, 3.63) is 33.8 Å². The molecule has 1 atom stereocenters. The van der Waals surface area contributed by atoms with Gasteiger partial charge in [-0.05, 0) is 17.7 Å². The average molecular weight is 220 g/mol. The molecule has 0 aliphatic rings. The van der Waals surface area contributed by atoms with Crippen LogP contribution in [-0.2, 0) is 16.3 Å². The lowest BCUT2D eigenvalue weighted by Gasteiger charge is -2.09. The SMILES string of the molecule is COC([O])Cc1c(Cl)cccc1Cl. The fourth-order valence-electron chi connectivity index (χ4n) is 0.977. The van der Waals surface area contributed by atoms with Gasteiger partial charge in [-0.1, -0.05) is 29.3 Å². The van der Waals surface area contributed by atoms with E-state index >= 15 is 0 Å². The molecule has 0 amide bonds. The number of benzene rings is 1. The molecule has 1 unspecified atom stereocenters. The Morgan fingerprint density at radius 2 is 1.92 bits per heavy atom. The molecule has 0 N–H and O–H groups in total. The molecule has 0 spiro atoms. The van der Waals surface area contributed by atoms with E-state index in [1.165, 1.54) is 7.11 Å². The second kappa shape index (κ2) is 4.82. The highest BCUT2D eigenvalue weighted by Crippen LogP contribution is 2.25. The zero-order valence-corrected chi connectivity index (χ0v) is 8.60. The summed E-state index contributed by atoms with van der Waals surface area (Å²) in [7, 11) is 1.36. The Balaban J connectivity index is 2.87. The lowest BCUT2D eigenvalue weighted by atomic mass is 10.1. The van der Waals surface area contributed by atoms with Gasteiger partial charge in [0, 0.05) is 23.6 Å². The van der Waals surface area contributed by atoms with Crippen LogP contribution in [0.1, 0.15) is 5.56 Å². The van der Waals surface area contributed by atoms with Crippen molar-refractivity contribution in [2.75, 3.05) is 7.11 Å². The molecule has 0 aliphatic heterocycles. The first kappa shape index (κ1) is 10.8. The molecule has 0 fully saturated rings. The maximum absolute atomic E-state index is 11.0. The van der Waals surface area contributed by atoms with Crippen LogP contribution < -0.4 is 0 Å². The van der Waals surface area contributed by atoms with Gasteiger partial charge in [-0.3, -0.25) is 0 Å². The van der Waals surface area contributed by atoms with Gasteiger partial charge in [0.05, 0.1) is 0 Å². The zero-order valence-electron chi connectivity index (χ0n) is 7.09. The third-order valence-corrected chi connectivity index (χ3v) is 2.40. The molecule has 0 aromatic heterocycles. The van der Waals surface area contributed by atoms with E-state index in [2.05, 4.69) is 4.74 Å². The van der Waals surface area contributed by atoms with Gasteiger partial charge in [-0.25, -0.2) is 5.11 Å². The monoisotopic (exact) mass is 219 g/mol. The molecular weight excluding hydrogens is 211 g/mol. The first-order chi connectivity index (χ1) is 6.15. The van der Waals surface area contributed by atoms with Gasteiger partial charge < -0.3 is 4.74 Å². The van der Waals surface area contributed by atoms with Crippen LogP contribution in [0, 0.1) is 0 Å². The molecule has 0 saturated carbocycles. The Hall–Kier alpha value is -0.280. The average Bonchev–Trinajstić information content (AvgIpc) is 2.11. The minimum absolute atomic E-state index is 0.189. The molecule has 71 valence electrons. The van der Waals surface area contributed by atoms with E-state index < -0.39 is 6.29 Å². The highest BCUT2D eigenvalue weighted by molar-refractivity contribution is 6.35. The molecule has 4 heteroatoms. The summed E-state index contributed by atoms with van der Waals surface area (Å²) in [6, 6.07) is 5.14. The molecule has 2 nitrogen and oxygen atoms in total. The van der Waals surface area contributed by atoms with Gasteiger partial charge in [0.15, 0.2) is 6.29 Å². The fourth-order valence-corrected chi connectivity index (χ4v) is 1.53. The third kappa shape index (κ3) is 2.85. The second-order valence-corrected chi connectivity index (χ2v) is 3.38. The molecule has 1 aromatic rings. The molecule has 1 rings (SSSR count). The smallest absolute Gasteiger partial charge is 0.195 e. The summed E-state index contributed by atoms with van der Waals surface area (Å²) in [6.45, 7) is 0. The minimum atomic E-state index is -1.11. The molecule has 0 aliphatic carbocycles. The maximum Gasteiger partial charge on any atom is 0.195 e. The van der Waals surface area contributed by atoms with Gasteiger partial charge in [0.2, 0.25) is 0 Å². The van der Waals surface area contributed by atoms with Crippen molar-refractivity contribution in [3.63, 3.8) is 0 Å². The lowest BCUT2D eigenvalue weighted by molar-refractivity contribution is -0.117. The van der Waals surface area contributed by atoms with Crippen LogP contribution in [-0.4, -0.2) is 13.4 Å². The Kier molecular flexibility index (Phi) is 4.00. The number of halogens is 2. The van der Waals surface area contributed by atoms with Crippen LogP contribution in [0.15, 0.2) is 18.2 Å². The van der Waals surface area contributed by atoms with Crippen LogP contribution in [0.2, 0.25) is 10.0 Å². The largest absolute Gasteiger partial charge is 0.353 e. The minimum Gasteiger partial charge on any atom is -0.353 e. The molecule has 0 saturated heterocycles. The molecular formula is C9H9Cl2O2. The number of hydrogen-bond acceptors (Lipinski definition) is 1. The van der Waals surface area contributed by atoms with Crippen molar-refractivity contribution in [3.8, 4) is 0 Å². The first-order valence-electron chi connectivity index (χ1n) is 3.76. The van der Waals surface area contributed by atoms with Gasteiger partial charge in [-0.2, -0.15) is 0 Å². The number of hydrogen-bond donors (Lipinski definition) is 0. The van der Waals surface area contributed by atoms with Gasteiger partial charge >= 0.3 is 0 Å².